The fourth-order valence-electron chi connectivity index (χ4n) is 2.80. The largest absolute Gasteiger partial charge is 0.352 e. The van der Waals surface area contributed by atoms with Crippen LogP contribution in [0.3, 0.4) is 0 Å². The van der Waals surface area contributed by atoms with E-state index in [2.05, 4.69) is 33.4 Å². The number of fused-ring (bicyclic) bond motifs is 1. The number of hydrogen-bond acceptors (Lipinski definition) is 5. The van der Waals surface area contributed by atoms with Crippen molar-refractivity contribution in [1.82, 2.24) is 15.3 Å². The van der Waals surface area contributed by atoms with Gasteiger partial charge in [0.05, 0.1) is 6.54 Å². The van der Waals surface area contributed by atoms with Crippen LogP contribution in [-0.4, -0.2) is 41.2 Å². The van der Waals surface area contributed by atoms with Crippen LogP contribution < -0.4 is 10.2 Å². The van der Waals surface area contributed by atoms with Crippen LogP contribution >= 0.6 is 0 Å². The molecule has 1 aliphatic rings. The Morgan fingerprint density at radius 2 is 2.12 bits per heavy atom. The molecular formula is C18H25N5O. The number of carbonyl (C=O) groups excluding carboxylic acids is 1. The molecule has 24 heavy (non-hydrogen) atoms. The average molecular weight is 327 g/mol. The number of allylic oxidation sites excluding steroid dienone is 1. The quantitative estimate of drug-likeness (QED) is 0.778. The Kier molecular flexibility index (Phi) is 5.84. The molecule has 1 aromatic heterocycles. The topological polar surface area (TPSA) is 70.5 Å². The number of amides is 1. The molecule has 128 valence electrons. The van der Waals surface area contributed by atoms with E-state index in [9.17, 15) is 4.79 Å². The van der Waals surface area contributed by atoms with E-state index in [0.717, 1.165) is 36.3 Å². The van der Waals surface area contributed by atoms with Crippen molar-refractivity contribution in [3.05, 3.63) is 42.5 Å². The predicted molar refractivity (Wildman–Crippen MR) is 97.5 cm³/mol. The van der Waals surface area contributed by atoms with Crippen molar-refractivity contribution in [3.8, 4) is 0 Å². The van der Waals surface area contributed by atoms with Crippen molar-refractivity contribution in [2.75, 3.05) is 18.5 Å². The van der Waals surface area contributed by atoms with Gasteiger partial charge in [-0.05, 0) is 39.2 Å². The maximum absolute atomic E-state index is 12.1. The Labute approximate surface area is 143 Å². The van der Waals surface area contributed by atoms with Gasteiger partial charge in [-0.25, -0.2) is 9.97 Å². The monoisotopic (exact) mass is 327 g/mol. The highest BCUT2D eigenvalue weighted by atomic mass is 16.2. The third-order valence-electron chi connectivity index (χ3n) is 3.76. The summed E-state index contributed by atoms with van der Waals surface area (Å²) in [6, 6.07) is 0.115. The number of aliphatic imine (C=N–C) groups is 1. The molecule has 1 aromatic rings. The molecule has 1 aliphatic carbocycles. The zero-order chi connectivity index (χ0) is 17.7. The first-order valence-electron chi connectivity index (χ1n) is 8.18. The fourth-order valence-corrected chi connectivity index (χ4v) is 2.80. The average Bonchev–Trinajstić information content (AvgIpc) is 2.98. The molecule has 2 rings (SSSR count). The van der Waals surface area contributed by atoms with Gasteiger partial charge in [0.25, 0.3) is 0 Å². The first kappa shape index (κ1) is 17.8. The lowest BCUT2D eigenvalue weighted by Crippen LogP contribution is -2.39. The summed E-state index contributed by atoms with van der Waals surface area (Å²) < 4.78 is 0. The summed E-state index contributed by atoms with van der Waals surface area (Å²) in [5.74, 6) is 1.30. The number of aryl methyl sites for hydroxylation is 1. The highest BCUT2D eigenvalue weighted by Crippen LogP contribution is 2.28. The molecule has 6 heteroatoms. The Morgan fingerprint density at radius 1 is 1.38 bits per heavy atom. The van der Waals surface area contributed by atoms with Crippen LogP contribution in [0.15, 0.2) is 30.4 Å². The van der Waals surface area contributed by atoms with E-state index in [1.165, 1.54) is 6.20 Å². The lowest BCUT2D eigenvalue weighted by Gasteiger charge is -2.22. The zero-order valence-electron chi connectivity index (χ0n) is 14.7. The van der Waals surface area contributed by atoms with Crippen LogP contribution in [0.2, 0.25) is 0 Å². The van der Waals surface area contributed by atoms with Crippen LogP contribution in [0.1, 0.15) is 37.4 Å². The van der Waals surface area contributed by atoms with Gasteiger partial charge in [0.1, 0.15) is 11.5 Å². The Morgan fingerprint density at radius 3 is 2.75 bits per heavy atom. The molecule has 0 spiro atoms. The Balaban J connectivity index is 2.36. The van der Waals surface area contributed by atoms with Gasteiger partial charge in [0.15, 0.2) is 5.82 Å². The minimum atomic E-state index is -0.0249. The summed E-state index contributed by atoms with van der Waals surface area (Å²) in [6.07, 6.45) is 5.97. The van der Waals surface area contributed by atoms with Gasteiger partial charge in [-0.2, -0.15) is 0 Å². The van der Waals surface area contributed by atoms with Crippen molar-refractivity contribution in [2.24, 2.45) is 4.99 Å². The SMILES string of the molecule is C=CN=C(C=C)c1nc2c(c(N(C)CC(=O)NC(C)C)n1)CCC2. The molecule has 0 saturated heterocycles. The molecule has 0 bridgehead atoms. The van der Waals surface area contributed by atoms with Crippen LogP contribution in [0, 0.1) is 0 Å². The van der Waals surface area contributed by atoms with Crippen molar-refractivity contribution in [3.63, 3.8) is 0 Å². The minimum Gasteiger partial charge on any atom is -0.352 e. The molecule has 0 atom stereocenters. The van der Waals surface area contributed by atoms with Gasteiger partial charge in [0, 0.05) is 30.5 Å². The minimum absolute atomic E-state index is 0.0249. The van der Waals surface area contributed by atoms with Gasteiger partial charge in [-0.3, -0.25) is 9.79 Å². The molecule has 1 heterocycles. The maximum atomic E-state index is 12.1. The fraction of sp³-hybridized carbons (Fsp3) is 0.444. The van der Waals surface area contributed by atoms with Crippen molar-refractivity contribution in [2.45, 2.75) is 39.2 Å². The van der Waals surface area contributed by atoms with Gasteiger partial charge in [-0.1, -0.05) is 13.2 Å². The lowest BCUT2D eigenvalue weighted by molar-refractivity contribution is -0.120. The van der Waals surface area contributed by atoms with Crippen molar-refractivity contribution < 1.29 is 4.79 Å². The highest BCUT2D eigenvalue weighted by Gasteiger charge is 2.23. The van der Waals surface area contributed by atoms with Gasteiger partial charge >= 0.3 is 0 Å². The van der Waals surface area contributed by atoms with Crippen LogP contribution in [0.25, 0.3) is 0 Å². The number of rotatable bonds is 7. The summed E-state index contributed by atoms with van der Waals surface area (Å²) in [4.78, 5) is 27.4. The lowest BCUT2D eigenvalue weighted by atomic mass is 10.2. The standard InChI is InChI=1S/C18H25N5O/c1-6-14(19-7-2)17-21-15-10-8-9-13(15)18(22-17)23(5)11-16(24)20-12(3)4/h6-7,12H,1-2,8-11H2,3-5H3,(H,20,24). The van der Waals surface area contributed by atoms with E-state index in [-0.39, 0.29) is 18.5 Å². The third-order valence-corrected chi connectivity index (χ3v) is 3.76. The van der Waals surface area contributed by atoms with Crippen molar-refractivity contribution >= 4 is 17.4 Å². The van der Waals surface area contributed by atoms with Crippen LogP contribution in [0.5, 0.6) is 0 Å². The summed E-state index contributed by atoms with van der Waals surface area (Å²) in [6.45, 7) is 11.5. The second-order valence-electron chi connectivity index (χ2n) is 6.13. The molecule has 6 nitrogen and oxygen atoms in total. The highest BCUT2D eigenvalue weighted by molar-refractivity contribution is 6.06. The number of anilines is 1. The molecule has 0 fully saturated rings. The molecule has 0 unspecified atom stereocenters. The van der Waals surface area contributed by atoms with Gasteiger partial charge < -0.3 is 10.2 Å². The van der Waals surface area contributed by atoms with E-state index in [1.807, 2.05) is 25.8 Å². The summed E-state index contributed by atoms with van der Waals surface area (Å²) in [5, 5.41) is 2.90. The maximum Gasteiger partial charge on any atom is 0.239 e. The van der Waals surface area contributed by atoms with Gasteiger partial charge in [0.2, 0.25) is 5.91 Å². The first-order chi connectivity index (χ1) is 11.5. The number of aromatic nitrogens is 2. The summed E-state index contributed by atoms with van der Waals surface area (Å²) in [7, 11) is 1.88. The summed E-state index contributed by atoms with van der Waals surface area (Å²) in [5.41, 5.74) is 2.74. The van der Waals surface area contributed by atoms with E-state index >= 15 is 0 Å². The molecule has 0 aliphatic heterocycles. The first-order valence-corrected chi connectivity index (χ1v) is 8.18. The molecular weight excluding hydrogens is 302 g/mol. The number of hydrogen-bond donors (Lipinski definition) is 1. The van der Waals surface area contributed by atoms with Crippen molar-refractivity contribution in [1.29, 1.82) is 0 Å². The summed E-state index contributed by atoms with van der Waals surface area (Å²) >= 11 is 0. The Hall–Kier alpha value is -2.50. The second-order valence-corrected chi connectivity index (χ2v) is 6.13. The molecule has 1 N–H and O–H groups in total. The van der Waals surface area contributed by atoms with E-state index in [1.54, 1.807) is 6.08 Å². The van der Waals surface area contributed by atoms with Gasteiger partial charge in [-0.15, -0.1) is 0 Å². The van der Waals surface area contributed by atoms with Crippen LogP contribution in [0.4, 0.5) is 5.82 Å². The Bertz CT molecular complexity index is 678. The number of likely N-dealkylation sites (N-methyl/N-ethyl adjacent to an activating group) is 1. The van der Waals surface area contributed by atoms with E-state index < -0.39 is 0 Å². The number of nitrogens with one attached hydrogen (secondary N) is 1. The predicted octanol–water partition coefficient (Wildman–Crippen LogP) is 2.04. The molecule has 0 aromatic carbocycles. The molecule has 0 saturated carbocycles. The zero-order valence-corrected chi connectivity index (χ0v) is 14.7. The third kappa shape index (κ3) is 4.07. The normalized spacial score (nSPS) is 13.6. The number of nitrogens with zero attached hydrogens (tertiary/aromatic N) is 4. The second kappa shape index (κ2) is 7.86. The smallest absolute Gasteiger partial charge is 0.239 e. The van der Waals surface area contributed by atoms with Crippen LogP contribution in [-0.2, 0) is 17.6 Å². The number of carbonyl (C=O) groups is 1. The molecule has 1 amide bonds. The van der Waals surface area contributed by atoms with E-state index in [0.29, 0.717) is 11.5 Å². The molecule has 0 radical (unpaired) electrons. The van der Waals surface area contributed by atoms with E-state index in [4.69, 9.17) is 0 Å².